The molecule has 8 heteroatoms. The number of carbonyl (C=O) groups excluding carboxylic acids is 2. The fraction of sp³-hybridized carbons (Fsp3) is 0.200. The first-order valence-electron chi connectivity index (χ1n) is 8.62. The molecule has 0 unspecified atom stereocenters. The summed E-state index contributed by atoms with van der Waals surface area (Å²) in [6.45, 7) is -0.0286. The van der Waals surface area contributed by atoms with E-state index in [-0.39, 0.29) is 5.69 Å². The Kier molecular flexibility index (Phi) is 6.01. The topological polar surface area (TPSA) is 110 Å². The summed E-state index contributed by atoms with van der Waals surface area (Å²) in [5.74, 6) is -0.434. The number of ether oxygens (including phenoxy) is 2. The van der Waals surface area contributed by atoms with Crippen LogP contribution in [0.5, 0.6) is 5.75 Å². The number of amides is 1. The van der Waals surface area contributed by atoms with E-state index >= 15 is 0 Å². The number of nitrogens with one attached hydrogen (secondary N) is 2. The van der Waals surface area contributed by atoms with Crippen molar-refractivity contribution in [1.29, 1.82) is 0 Å². The van der Waals surface area contributed by atoms with Crippen molar-refractivity contribution in [3.8, 4) is 5.75 Å². The summed E-state index contributed by atoms with van der Waals surface area (Å²) in [6.07, 6.45) is 0.635. The van der Waals surface area contributed by atoms with Gasteiger partial charge in [-0.05, 0) is 30.2 Å². The molecule has 144 valence electrons. The van der Waals surface area contributed by atoms with Crippen molar-refractivity contribution in [3.63, 3.8) is 0 Å². The van der Waals surface area contributed by atoms with Gasteiger partial charge in [0.15, 0.2) is 12.3 Å². The molecule has 0 aliphatic carbocycles. The first-order chi connectivity index (χ1) is 13.6. The molecule has 0 saturated carbocycles. The Morgan fingerprint density at radius 2 is 1.79 bits per heavy atom. The fourth-order valence-corrected chi connectivity index (χ4v) is 2.66. The molecule has 0 aliphatic heterocycles. The summed E-state index contributed by atoms with van der Waals surface area (Å²) in [5, 5.41) is 9.39. The van der Waals surface area contributed by atoms with Crippen LogP contribution in [0.25, 0.3) is 10.8 Å². The Morgan fingerprint density at radius 3 is 2.50 bits per heavy atom. The molecule has 8 nitrogen and oxygen atoms in total. The highest BCUT2D eigenvalue weighted by atomic mass is 16.5. The average molecular weight is 381 g/mol. The van der Waals surface area contributed by atoms with E-state index < -0.39 is 24.0 Å². The number of esters is 1. The lowest BCUT2D eigenvalue weighted by atomic mass is 10.1. The van der Waals surface area contributed by atoms with E-state index in [9.17, 15) is 14.4 Å². The zero-order valence-electron chi connectivity index (χ0n) is 15.2. The lowest BCUT2D eigenvalue weighted by Crippen LogP contribution is -2.30. The van der Waals surface area contributed by atoms with Crippen molar-refractivity contribution >= 4 is 22.6 Å². The van der Waals surface area contributed by atoms with E-state index in [0.717, 1.165) is 11.3 Å². The number of nitrogens with zero attached hydrogens (tertiary/aromatic N) is 1. The molecule has 1 aromatic heterocycles. The van der Waals surface area contributed by atoms with Gasteiger partial charge in [0, 0.05) is 11.9 Å². The van der Waals surface area contributed by atoms with Crippen LogP contribution in [0.15, 0.2) is 53.3 Å². The summed E-state index contributed by atoms with van der Waals surface area (Å²) in [7, 11) is 1.60. The van der Waals surface area contributed by atoms with Gasteiger partial charge in [-0.1, -0.05) is 30.3 Å². The number of aromatic nitrogens is 2. The van der Waals surface area contributed by atoms with Gasteiger partial charge in [-0.2, -0.15) is 5.10 Å². The molecule has 2 N–H and O–H groups in total. The van der Waals surface area contributed by atoms with Crippen LogP contribution < -0.4 is 15.6 Å². The van der Waals surface area contributed by atoms with Crippen LogP contribution in [0, 0.1) is 0 Å². The van der Waals surface area contributed by atoms with Gasteiger partial charge in [0.05, 0.1) is 12.5 Å². The van der Waals surface area contributed by atoms with Crippen molar-refractivity contribution in [2.45, 2.75) is 6.42 Å². The van der Waals surface area contributed by atoms with Crippen molar-refractivity contribution in [2.75, 3.05) is 20.3 Å². The van der Waals surface area contributed by atoms with Gasteiger partial charge < -0.3 is 14.8 Å². The highest BCUT2D eigenvalue weighted by Crippen LogP contribution is 2.13. The van der Waals surface area contributed by atoms with Crippen LogP contribution in [-0.2, 0) is 16.0 Å². The van der Waals surface area contributed by atoms with Crippen molar-refractivity contribution in [3.05, 3.63) is 70.1 Å². The average Bonchev–Trinajstić information content (AvgIpc) is 2.73. The number of aromatic amines is 1. The van der Waals surface area contributed by atoms with E-state index in [0.29, 0.717) is 23.7 Å². The van der Waals surface area contributed by atoms with Crippen molar-refractivity contribution in [1.82, 2.24) is 15.5 Å². The van der Waals surface area contributed by atoms with E-state index in [2.05, 4.69) is 15.5 Å². The van der Waals surface area contributed by atoms with Crippen LogP contribution in [0.1, 0.15) is 16.1 Å². The van der Waals surface area contributed by atoms with Gasteiger partial charge in [-0.15, -0.1) is 0 Å². The van der Waals surface area contributed by atoms with Gasteiger partial charge in [0.2, 0.25) is 0 Å². The van der Waals surface area contributed by atoms with Crippen molar-refractivity contribution < 1.29 is 19.1 Å². The Morgan fingerprint density at radius 1 is 1.07 bits per heavy atom. The van der Waals surface area contributed by atoms with Gasteiger partial charge in [-0.3, -0.25) is 9.59 Å². The lowest BCUT2D eigenvalue weighted by Gasteiger charge is -2.08. The van der Waals surface area contributed by atoms with E-state index in [1.165, 1.54) is 0 Å². The second-order valence-corrected chi connectivity index (χ2v) is 5.97. The number of fused-ring (bicyclic) bond motifs is 1. The molecule has 0 fully saturated rings. The standard InChI is InChI=1S/C20H19N3O5/c1-27-14-8-6-13(7-9-14)10-11-21-17(24)12-28-20(26)18-15-4-2-3-5-16(15)19(25)23-22-18/h2-9H,10-12H2,1H3,(H,21,24)(H,23,25). The summed E-state index contributed by atoms with van der Waals surface area (Å²) in [4.78, 5) is 35.9. The van der Waals surface area contributed by atoms with Gasteiger partial charge in [0.25, 0.3) is 11.5 Å². The zero-order chi connectivity index (χ0) is 19.9. The Labute approximate surface area is 160 Å². The molecular formula is C20H19N3O5. The third-order valence-electron chi connectivity index (χ3n) is 4.12. The molecular weight excluding hydrogens is 362 g/mol. The Hall–Kier alpha value is -3.68. The van der Waals surface area contributed by atoms with E-state index in [1.54, 1.807) is 31.4 Å². The summed E-state index contributed by atoms with van der Waals surface area (Å²) >= 11 is 0. The molecule has 0 radical (unpaired) electrons. The minimum Gasteiger partial charge on any atom is -0.497 e. The predicted octanol–water partition coefficient (Wildman–Crippen LogP) is 1.45. The van der Waals surface area contributed by atoms with Crippen LogP contribution in [0.3, 0.4) is 0 Å². The number of hydrogen-bond acceptors (Lipinski definition) is 6. The van der Waals surface area contributed by atoms with Crippen LogP contribution >= 0.6 is 0 Å². The molecule has 0 saturated heterocycles. The predicted molar refractivity (Wildman–Crippen MR) is 102 cm³/mol. The first-order valence-corrected chi connectivity index (χ1v) is 8.62. The zero-order valence-corrected chi connectivity index (χ0v) is 15.2. The maximum absolute atomic E-state index is 12.2. The molecule has 2 aromatic carbocycles. The normalized spacial score (nSPS) is 10.5. The molecule has 3 aromatic rings. The number of carbonyl (C=O) groups is 2. The summed E-state index contributed by atoms with van der Waals surface area (Å²) in [5.41, 5.74) is 0.603. The van der Waals surface area contributed by atoms with Gasteiger partial charge in [-0.25, -0.2) is 9.89 Å². The molecule has 3 rings (SSSR count). The number of H-pyrrole nitrogens is 1. The molecule has 0 bridgehead atoms. The van der Waals surface area contributed by atoms with Crippen LogP contribution in [-0.4, -0.2) is 42.3 Å². The lowest BCUT2D eigenvalue weighted by molar-refractivity contribution is -0.124. The molecule has 1 amide bonds. The minimum atomic E-state index is -0.780. The maximum Gasteiger partial charge on any atom is 0.359 e. The van der Waals surface area contributed by atoms with E-state index in [1.807, 2.05) is 24.3 Å². The number of methoxy groups -OCH3 is 1. The second-order valence-electron chi connectivity index (χ2n) is 5.97. The number of hydrogen-bond donors (Lipinski definition) is 2. The fourth-order valence-electron chi connectivity index (χ4n) is 2.66. The Bertz CT molecular complexity index is 1040. The smallest absolute Gasteiger partial charge is 0.359 e. The van der Waals surface area contributed by atoms with Gasteiger partial charge >= 0.3 is 5.97 Å². The molecule has 1 heterocycles. The highest BCUT2D eigenvalue weighted by molar-refractivity contribution is 6.02. The SMILES string of the molecule is COc1ccc(CCNC(=O)COC(=O)c2n[nH]c(=O)c3ccccc23)cc1. The van der Waals surface area contributed by atoms with Crippen LogP contribution in [0.4, 0.5) is 0 Å². The highest BCUT2D eigenvalue weighted by Gasteiger charge is 2.16. The minimum absolute atomic E-state index is 0.0405. The van der Waals surface area contributed by atoms with Crippen LogP contribution in [0.2, 0.25) is 0 Å². The monoisotopic (exact) mass is 381 g/mol. The van der Waals surface area contributed by atoms with Crippen molar-refractivity contribution in [2.24, 2.45) is 0 Å². The second kappa shape index (κ2) is 8.81. The molecule has 0 aliphatic rings. The number of rotatable bonds is 7. The van der Waals surface area contributed by atoms with E-state index in [4.69, 9.17) is 9.47 Å². The largest absolute Gasteiger partial charge is 0.497 e. The third kappa shape index (κ3) is 4.53. The molecule has 0 atom stereocenters. The molecule has 28 heavy (non-hydrogen) atoms. The number of benzene rings is 2. The third-order valence-corrected chi connectivity index (χ3v) is 4.12. The summed E-state index contributed by atoms with van der Waals surface area (Å²) in [6, 6.07) is 14.1. The quantitative estimate of drug-likeness (QED) is 0.600. The van der Waals surface area contributed by atoms with Gasteiger partial charge in [0.1, 0.15) is 5.75 Å². The Balaban J connectivity index is 1.51. The first kappa shape index (κ1) is 19.1. The summed E-state index contributed by atoms with van der Waals surface area (Å²) < 4.78 is 10.1. The maximum atomic E-state index is 12.2. The molecule has 0 spiro atoms.